The second-order valence-electron chi connectivity index (χ2n) is 4.79. The minimum Gasteiger partial charge on any atom is -0.481 e. The zero-order chi connectivity index (χ0) is 13.7. The summed E-state index contributed by atoms with van der Waals surface area (Å²) in [5, 5.41) is 8.83. The Labute approximate surface area is 107 Å². The van der Waals surface area contributed by atoms with Crippen molar-refractivity contribution in [2.24, 2.45) is 0 Å². The summed E-state index contributed by atoms with van der Waals surface area (Å²) in [6.07, 6.45) is 1.67. The largest absolute Gasteiger partial charge is 0.481 e. The molecule has 0 saturated carbocycles. The number of ether oxygens (including phenoxy) is 1. The van der Waals surface area contributed by atoms with Gasteiger partial charge in [0.15, 0.2) is 0 Å². The summed E-state index contributed by atoms with van der Waals surface area (Å²) < 4.78 is 5.02. The van der Waals surface area contributed by atoms with Crippen molar-refractivity contribution in [2.45, 2.75) is 38.3 Å². The van der Waals surface area contributed by atoms with Gasteiger partial charge in [0.2, 0.25) is 0 Å². The molecule has 0 bridgehead atoms. The van der Waals surface area contributed by atoms with Crippen LogP contribution >= 0.6 is 0 Å². The highest BCUT2D eigenvalue weighted by atomic mass is 16.5. The number of likely N-dealkylation sites (tertiary alicyclic amines) is 1. The van der Waals surface area contributed by atoms with Gasteiger partial charge in [0.1, 0.15) is 0 Å². The first kappa shape index (κ1) is 14.8. The summed E-state index contributed by atoms with van der Waals surface area (Å²) in [5.41, 5.74) is 0. The van der Waals surface area contributed by atoms with Crippen molar-refractivity contribution >= 4 is 12.0 Å². The van der Waals surface area contributed by atoms with Gasteiger partial charge in [0.05, 0.1) is 19.1 Å². The number of nitrogens with zero attached hydrogens (tertiary/aromatic N) is 2. The van der Waals surface area contributed by atoms with E-state index in [1.54, 1.807) is 24.0 Å². The Morgan fingerprint density at radius 1 is 1.56 bits per heavy atom. The third-order valence-electron chi connectivity index (χ3n) is 3.40. The lowest BCUT2D eigenvalue weighted by molar-refractivity contribution is -0.138. The van der Waals surface area contributed by atoms with Crippen LogP contribution in [0, 0.1) is 0 Å². The molecule has 1 heterocycles. The molecular weight excluding hydrogens is 236 g/mol. The molecule has 2 unspecified atom stereocenters. The van der Waals surface area contributed by atoms with Crippen molar-refractivity contribution in [3.05, 3.63) is 0 Å². The Kier molecular flexibility index (Phi) is 5.40. The first-order valence-corrected chi connectivity index (χ1v) is 6.21. The predicted octanol–water partition coefficient (Wildman–Crippen LogP) is 1.01. The van der Waals surface area contributed by atoms with Crippen molar-refractivity contribution in [1.82, 2.24) is 9.80 Å². The summed E-state index contributed by atoms with van der Waals surface area (Å²) in [5.74, 6) is -0.854. The molecule has 0 radical (unpaired) electrons. The molecule has 1 saturated heterocycles. The van der Waals surface area contributed by atoms with Crippen LogP contribution in [0.2, 0.25) is 0 Å². The predicted molar refractivity (Wildman–Crippen MR) is 66.5 cm³/mol. The molecule has 0 aromatic heterocycles. The summed E-state index contributed by atoms with van der Waals surface area (Å²) in [6.45, 7) is 3.02. The molecular formula is C12H22N2O4. The average Bonchev–Trinajstić information content (AvgIpc) is 2.74. The van der Waals surface area contributed by atoms with Gasteiger partial charge in [0, 0.05) is 26.7 Å². The van der Waals surface area contributed by atoms with E-state index in [4.69, 9.17) is 9.84 Å². The smallest absolute Gasteiger partial charge is 0.320 e. The van der Waals surface area contributed by atoms with Crippen LogP contribution in [0.15, 0.2) is 0 Å². The van der Waals surface area contributed by atoms with E-state index in [-0.39, 0.29) is 24.5 Å². The zero-order valence-corrected chi connectivity index (χ0v) is 11.3. The van der Waals surface area contributed by atoms with Crippen molar-refractivity contribution in [3.8, 4) is 0 Å². The maximum absolute atomic E-state index is 12.3. The van der Waals surface area contributed by atoms with Gasteiger partial charge in [-0.25, -0.2) is 4.79 Å². The number of carbonyl (C=O) groups is 2. The summed E-state index contributed by atoms with van der Waals surface area (Å²) >= 11 is 0. The van der Waals surface area contributed by atoms with Crippen molar-refractivity contribution in [2.75, 3.05) is 27.3 Å². The summed E-state index contributed by atoms with van der Waals surface area (Å²) in [6, 6.07) is -0.302. The van der Waals surface area contributed by atoms with E-state index in [9.17, 15) is 9.59 Å². The normalized spacial score (nSPS) is 20.8. The van der Waals surface area contributed by atoms with Crippen LogP contribution in [0.4, 0.5) is 4.79 Å². The van der Waals surface area contributed by atoms with Gasteiger partial charge >= 0.3 is 12.0 Å². The highest BCUT2D eigenvalue weighted by Crippen LogP contribution is 2.22. The molecule has 1 aliphatic rings. The minimum absolute atomic E-state index is 0.0198. The lowest BCUT2D eigenvalue weighted by Crippen LogP contribution is -2.48. The van der Waals surface area contributed by atoms with Gasteiger partial charge in [-0.3, -0.25) is 4.79 Å². The number of carboxylic acid groups (broad SMARTS) is 1. The van der Waals surface area contributed by atoms with Gasteiger partial charge < -0.3 is 19.6 Å². The molecule has 0 aromatic carbocycles. The quantitative estimate of drug-likeness (QED) is 0.799. The minimum atomic E-state index is -0.854. The number of methoxy groups -OCH3 is 1. The first-order chi connectivity index (χ1) is 8.47. The van der Waals surface area contributed by atoms with E-state index in [1.807, 2.05) is 6.92 Å². The fraction of sp³-hybridized carbons (Fsp3) is 0.833. The van der Waals surface area contributed by atoms with E-state index in [0.29, 0.717) is 13.2 Å². The second-order valence-corrected chi connectivity index (χ2v) is 4.79. The van der Waals surface area contributed by atoms with E-state index in [2.05, 4.69) is 0 Å². The van der Waals surface area contributed by atoms with Crippen molar-refractivity contribution in [3.63, 3.8) is 0 Å². The van der Waals surface area contributed by atoms with Gasteiger partial charge in [0.25, 0.3) is 0 Å². The molecule has 1 fully saturated rings. The molecule has 6 nitrogen and oxygen atoms in total. The lowest BCUT2D eigenvalue weighted by atomic mass is 10.1. The van der Waals surface area contributed by atoms with Crippen LogP contribution in [0.1, 0.15) is 26.2 Å². The fourth-order valence-electron chi connectivity index (χ4n) is 2.25. The summed E-state index contributed by atoms with van der Waals surface area (Å²) in [4.78, 5) is 26.3. The molecule has 104 valence electrons. The molecule has 0 aromatic rings. The highest BCUT2D eigenvalue weighted by molar-refractivity contribution is 5.76. The van der Waals surface area contributed by atoms with Crippen LogP contribution in [0.3, 0.4) is 0 Å². The highest BCUT2D eigenvalue weighted by Gasteiger charge is 2.33. The number of aliphatic carboxylic acids is 1. The zero-order valence-electron chi connectivity index (χ0n) is 11.3. The molecule has 0 spiro atoms. The number of carbonyl (C=O) groups excluding carboxylic acids is 1. The average molecular weight is 258 g/mol. The topological polar surface area (TPSA) is 70.1 Å². The Balaban J connectivity index is 2.61. The van der Waals surface area contributed by atoms with Crippen LogP contribution in [0.5, 0.6) is 0 Å². The maximum Gasteiger partial charge on any atom is 0.320 e. The Morgan fingerprint density at radius 3 is 2.78 bits per heavy atom. The molecule has 18 heavy (non-hydrogen) atoms. The molecule has 1 N–H and O–H groups in total. The standard InChI is InChI=1S/C12H22N2O4/c1-9(8-18-3)13(2)12(17)14-6-4-5-10(14)7-11(15)16/h9-10H,4-8H2,1-3H3,(H,15,16). The number of hydrogen-bond donors (Lipinski definition) is 1. The van der Waals surface area contributed by atoms with E-state index in [1.165, 1.54) is 0 Å². The number of rotatable bonds is 5. The molecule has 0 aliphatic carbocycles. The molecule has 6 heteroatoms. The van der Waals surface area contributed by atoms with Crippen molar-refractivity contribution < 1.29 is 19.4 Å². The van der Waals surface area contributed by atoms with Crippen LogP contribution in [0.25, 0.3) is 0 Å². The van der Waals surface area contributed by atoms with Crippen LogP contribution < -0.4 is 0 Å². The molecule has 2 amide bonds. The Bertz CT molecular complexity index is 308. The molecule has 2 atom stereocenters. The maximum atomic E-state index is 12.3. The second kappa shape index (κ2) is 6.58. The van der Waals surface area contributed by atoms with E-state index >= 15 is 0 Å². The SMILES string of the molecule is COCC(C)N(C)C(=O)N1CCCC1CC(=O)O. The van der Waals surface area contributed by atoms with Gasteiger partial charge in [-0.15, -0.1) is 0 Å². The van der Waals surface area contributed by atoms with E-state index < -0.39 is 5.97 Å². The Hall–Kier alpha value is -1.30. The summed E-state index contributed by atoms with van der Waals surface area (Å²) in [7, 11) is 3.32. The first-order valence-electron chi connectivity index (χ1n) is 6.21. The lowest BCUT2D eigenvalue weighted by Gasteiger charge is -2.32. The van der Waals surface area contributed by atoms with Crippen LogP contribution in [-0.4, -0.2) is 66.3 Å². The number of hydrogen-bond acceptors (Lipinski definition) is 3. The molecule has 1 aliphatic heterocycles. The third-order valence-corrected chi connectivity index (χ3v) is 3.40. The van der Waals surface area contributed by atoms with Gasteiger partial charge in [-0.05, 0) is 19.8 Å². The third kappa shape index (κ3) is 3.60. The van der Waals surface area contributed by atoms with Gasteiger partial charge in [-0.2, -0.15) is 0 Å². The fourth-order valence-corrected chi connectivity index (χ4v) is 2.25. The monoisotopic (exact) mass is 258 g/mol. The van der Waals surface area contributed by atoms with Gasteiger partial charge in [-0.1, -0.05) is 0 Å². The molecule has 1 rings (SSSR count). The Morgan fingerprint density at radius 2 is 2.22 bits per heavy atom. The van der Waals surface area contributed by atoms with E-state index in [0.717, 1.165) is 12.8 Å². The van der Waals surface area contributed by atoms with Crippen molar-refractivity contribution in [1.29, 1.82) is 0 Å². The number of likely N-dealkylation sites (N-methyl/N-ethyl adjacent to an activating group) is 1. The van der Waals surface area contributed by atoms with Crippen LogP contribution in [-0.2, 0) is 9.53 Å². The number of amides is 2. The number of carboxylic acids is 1. The number of urea groups is 1.